The van der Waals surface area contributed by atoms with Gasteiger partial charge in [-0.25, -0.2) is 0 Å². The molecular formula is C16H26N. The van der Waals surface area contributed by atoms with E-state index >= 15 is 0 Å². The van der Waals surface area contributed by atoms with Gasteiger partial charge in [-0.2, -0.15) is 0 Å². The standard InChI is InChI=1S/C16H26N/c1-3-5-7-15(8-6-4-2)9-10-16-11-13-17-14-12-16/h10-15H,3-9H2,1-2H3. The van der Waals surface area contributed by atoms with E-state index in [1.165, 1.54) is 50.5 Å². The van der Waals surface area contributed by atoms with Crippen LogP contribution in [0.1, 0.15) is 64.4 Å². The largest absolute Gasteiger partial charge is 0.265 e. The Morgan fingerprint density at radius 3 is 2.18 bits per heavy atom. The Kier molecular flexibility index (Phi) is 7.70. The van der Waals surface area contributed by atoms with Crippen molar-refractivity contribution < 1.29 is 0 Å². The van der Waals surface area contributed by atoms with Gasteiger partial charge in [0.1, 0.15) is 0 Å². The van der Waals surface area contributed by atoms with Crippen molar-refractivity contribution in [2.45, 2.75) is 58.8 Å². The highest BCUT2D eigenvalue weighted by molar-refractivity contribution is 5.18. The fourth-order valence-electron chi connectivity index (χ4n) is 2.17. The Hall–Kier alpha value is -0.850. The van der Waals surface area contributed by atoms with Gasteiger partial charge >= 0.3 is 0 Å². The van der Waals surface area contributed by atoms with Gasteiger partial charge in [0.25, 0.3) is 0 Å². The maximum Gasteiger partial charge on any atom is 0.0270 e. The summed E-state index contributed by atoms with van der Waals surface area (Å²) in [6.45, 7) is 4.56. The van der Waals surface area contributed by atoms with Crippen LogP contribution < -0.4 is 0 Å². The van der Waals surface area contributed by atoms with Gasteiger partial charge in [-0.15, -0.1) is 0 Å². The molecule has 0 aromatic carbocycles. The fraction of sp³-hybridized carbons (Fsp3) is 0.625. The minimum atomic E-state index is 0.878. The molecule has 0 N–H and O–H groups in total. The molecule has 1 rings (SSSR count). The van der Waals surface area contributed by atoms with E-state index < -0.39 is 0 Å². The summed E-state index contributed by atoms with van der Waals surface area (Å²) in [4.78, 5) is 4.05. The van der Waals surface area contributed by atoms with E-state index in [4.69, 9.17) is 0 Å². The van der Waals surface area contributed by atoms with E-state index in [1.807, 2.05) is 12.4 Å². The Labute approximate surface area is 107 Å². The zero-order chi connectivity index (χ0) is 12.3. The highest BCUT2D eigenvalue weighted by Gasteiger charge is 2.08. The molecule has 95 valence electrons. The summed E-state index contributed by atoms with van der Waals surface area (Å²) in [7, 11) is 0. The number of unbranched alkanes of at least 4 members (excludes halogenated alkanes) is 2. The maximum atomic E-state index is 4.05. The molecule has 1 heterocycles. The molecule has 0 fully saturated rings. The van der Waals surface area contributed by atoms with Gasteiger partial charge in [0.15, 0.2) is 0 Å². The Morgan fingerprint density at radius 2 is 1.65 bits per heavy atom. The second-order valence-electron chi connectivity index (χ2n) is 4.87. The zero-order valence-electron chi connectivity index (χ0n) is 11.4. The van der Waals surface area contributed by atoms with Crippen LogP contribution in [0.5, 0.6) is 0 Å². The average molecular weight is 232 g/mol. The van der Waals surface area contributed by atoms with Gasteiger partial charge < -0.3 is 0 Å². The second-order valence-corrected chi connectivity index (χ2v) is 4.87. The highest BCUT2D eigenvalue weighted by atomic mass is 14.6. The highest BCUT2D eigenvalue weighted by Crippen LogP contribution is 2.22. The molecule has 0 spiro atoms. The van der Waals surface area contributed by atoms with Crippen LogP contribution in [0.3, 0.4) is 0 Å². The smallest absolute Gasteiger partial charge is 0.0270 e. The van der Waals surface area contributed by atoms with E-state index in [2.05, 4.69) is 37.4 Å². The van der Waals surface area contributed by atoms with E-state index in [1.54, 1.807) is 0 Å². The lowest BCUT2D eigenvalue weighted by atomic mass is 9.90. The second kappa shape index (κ2) is 9.21. The maximum absolute atomic E-state index is 4.05. The molecule has 17 heavy (non-hydrogen) atoms. The van der Waals surface area contributed by atoms with Crippen molar-refractivity contribution in [2.75, 3.05) is 0 Å². The van der Waals surface area contributed by atoms with Gasteiger partial charge in [-0.1, -0.05) is 52.4 Å². The number of hydrogen-bond acceptors (Lipinski definition) is 1. The summed E-state index contributed by atoms with van der Waals surface area (Å²) in [5.74, 6) is 0.878. The van der Waals surface area contributed by atoms with Gasteiger partial charge in [-0.05, 0) is 36.5 Å². The molecule has 1 aromatic heterocycles. The van der Waals surface area contributed by atoms with Crippen LogP contribution in [0.2, 0.25) is 0 Å². The summed E-state index contributed by atoms with van der Waals surface area (Å²) >= 11 is 0. The Balaban J connectivity index is 2.31. The zero-order valence-corrected chi connectivity index (χ0v) is 11.4. The first kappa shape index (κ1) is 14.2. The summed E-state index contributed by atoms with van der Waals surface area (Å²) in [5, 5.41) is 0. The molecular weight excluding hydrogens is 206 g/mol. The van der Waals surface area contributed by atoms with Gasteiger partial charge in [0, 0.05) is 12.4 Å². The van der Waals surface area contributed by atoms with Crippen LogP contribution in [-0.4, -0.2) is 4.98 Å². The minimum absolute atomic E-state index is 0.878. The molecule has 0 unspecified atom stereocenters. The lowest BCUT2D eigenvalue weighted by molar-refractivity contribution is 0.416. The normalized spacial score (nSPS) is 11.0. The number of aromatic nitrogens is 1. The third kappa shape index (κ3) is 6.45. The van der Waals surface area contributed by atoms with Crippen LogP contribution in [0, 0.1) is 12.3 Å². The van der Waals surface area contributed by atoms with E-state index in [0.29, 0.717) is 0 Å². The predicted octanol–water partition coefficient (Wildman–Crippen LogP) is 5.02. The minimum Gasteiger partial charge on any atom is -0.265 e. The molecule has 0 aliphatic carbocycles. The average Bonchev–Trinajstić information content (AvgIpc) is 2.39. The third-order valence-electron chi connectivity index (χ3n) is 3.32. The molecule has 1 heteroatoms. The number of rotatable bonds is 9. The summed E-state index contributed by atoms with van der Waals surface area (Å²) < 4.78 is 0. The molecule has 0 saturated heterocycles. The van der Waals surface area contributed by atoms with Crippen LogP contribution in [0.15, 0.2) is 24.5 Å². The van der Waals surface area contributed by atoms with Crippen molar-refractivity contribution in [3.63, 3.8) is 0 Å². The molecule has 1 nitrogen and oxygen atoms in total. The SMILES string of the molecule is CCCCC(C[CH]c1ccncc1)CCCC. The topological polar surface area (TPSA) is 12.9 Å². The third-order valence-corrected chi connectivity index (χ3v) is 3.32. The van der Waals surface area contributed by atoms with E-state index in [-0.39, 0.29) is 0 Å². The monoisotopic (exact) mass is 232 g/mol. The first-order valence-electron chi connectivity index (χ1n) is 7.10. The van der Waals surface area contributed by atoms with Gasteiger partial charge in [0.2, 0.25) is 0 Å². The van der Waals surface area contributed by atoms with Crippen molar-refractivity contribution in [1.82, 2.24) is 4.98 Å². The number of pyridine rings is 1. The summed E-state index contributed by atoms with van der Waals surface area (Å²) in [6.07, 6.45) is 15.5. The van der Waals surface area contributed by atoms with Gasteiger partial charge in [0.05, 0.1) is 0 Å². The number of nitrogens with zero attached hydrogens (tertiary/aromatic N) is 1. The Morgan fingerprint density at radius 1 is 1.06 bits per heavy atom. The quantitative estimate of drug-likeness (QED) is 0.582. The molecule has 0 atom stereocenters. The molecule has 1 aromatic rings. The molecule has 0 saturated carbocycles. The molecule has 1 radical (unpaired) electrons. The molecule has 0 bridgehead atoms. The molecule has 0 aliphatic heterocycles. The van der Waals surface area contributed by atoms with Gasteiger partial charge in [-0.3, -0.25) is 4.98 Å². The van der Waals surface area contributed by atoms with Crippen molar-refractivity contribution in [3.8, 4) is 0 Å². The van der Waals surface area contributed by atoms with Crippen LogP contribution in [0.25, 0.3) is 0 Å². The van der Waals surface area contributed by atoms with E-state index in [0.717, 1.165) is 5.92 Å². The summed E-state index contributed by atoms with van der Waals surface area (Å²) in [5.41, 5.74) is 1.32. The number of hydrogen-bond donors (Lipinski definition) is 0. The first-order valence-corrected chi connectivity index (χ1v) is 7.10. The fourth-order valence-corrected chi connectivity index (χ4v) is 2.17. The van der Waals surface area contributed by atoms with E-state index in [9.17, 15) is 0 Å². The predicted molar refractivity (Wildman–Crippen MR) is 74.8 cm³/mol. The van der Waals surface area contributed by atoms with Crippen LogP contribution >= 0.6 is 0 Å². The molecule has 0 aliphatic rings. The van der Waals surface area contributed by atoms with Crippen molar-refractivity contribution in [2.24, 2.45) is 5.92 Å². The van der Waals surface area contributed by atoms with Crippen LogP contribution in [0.4, 0.5) is 0 Å². The summed E-state index contributed by atoms with van der Waals surface area (Å²) in [6, 6.07) is 4.19. The Bertz CT molecular complexity index is 260. The lowest BCUT2D eigenvalue weighted by Gasteiger charge is -2.15. The first-order chi connectivity index (χ1) is 8.36. The molecule has 0 amide bonds. The van der Waals surface area contributed by atoms with Crippen molar-refractivity contribution >= 4 is 0 Å². The lowest BCUT2D eigenvalue weighted by Crippen LogP contribution is -2.01. The van der Waals surface area contributed by atoms with Crippen molar-refractivity contribution in [3.05, 3.63) is 36.5 Å². The van der Waals surface area contributed by atoms with Crippen LogP contribution in [-0.2, 0) is 0 Å². The van der Waals surface area contributed by atoms with Crippen molar-refractivity contribution in [1.29, 1.82) is 0 Å².